The molecule has 0 saturated heterocycles. The van der Waals surface area contributed by atoms with Gasteiger partial charge in [-0.05, 0) is 63.1 Å². The zero-order valence-corrected chi connectivity index (χ0v) is 15.1. The average molecular weight is 274 g/mol. The summed E-state index contributed by atoms with van der Waals surface area (Å²) in [7, 11) is 0. The first kappa shape index (κ1) is 13.6. The lowest BCUT2D eigenvalue weighted by Gasteiger charge is -3.02. The molecule has 20 heavy (non-hydrogen) atoms. The van der Waals surface area contributed by atoms with E-state index in [1.54, 1.807) is 0 Å². The van der Waals surface area contributed by atoms with Gasteiger partial charge in [-0.3, -0.25) is 0 Å². The zero-order valence-electron chi connectivity index (χ0n) is 15.1. The van der Waals surface area contributed by atoms with Crippen LogP contribution in [0, 0.1) is 56.7 Å². The Balaban J connectivity index is 1.87. The highest BCUT2D eigenvalue weighted by Gasteiger charge is 2.98. The average Bonchev–Trinajstić information content (AvgIpc) is 2.41. The van der Waals surface area contributed by atoms with E-state index in [0.717, 1.165) is 29.6 Å². The fourth-order valence-electron chi connectivity index (χ4n) is 9.65. The van der Waals surface area contributed by atoms with Crippen LogP contribution in [0.15, 0.2) is 0 Å². The molecule has 0 bridgehead atoms. The number of rotatable bonds is 1. The first-order chi connectivity index (χ1) is 8.98. The molecular formula is C20H34. The van der Waals surface area contributed by atoms with Gasteiger partial charge in [0.2, 0.25) is 0 Å². The van der Waals surface area contributed by atoms with Gasteiger partial charge in [0.15, 0.2) is 0 Å². The summed E-state index contributed by atoms with van der Waals surface area (Å²) in [6.45, 7) is 23.3. The molecule has 114 valence electrons. The second-order valence-corrected chi connectivity index (χ2v) is 10.3. The smallest absolute Gasteiger partial charge is 0.0145 e. The van der Waals surface area contributed by atoms with Crippen LogP contribution in [0.25, 0.3) is 0 Å². The molecule has 4 rings (SSSR count). The Hall–Kier alpha value is 0. The molecule has 0 radical (unpaired) electrons. The van der Waals surface area contributed by atoms with Crippen LogP contribution in [0.5, 0.6) is 0 Å². The van der Waals surface area contributed by atoms with E-state index in [9.17, 15) is 0 Å². The van der Waals surface area contributed by atoms with Crippen LogP contribution < -0.4 is 0 Å². The van der Waals surface area contributed by atoms with Gasteiger partial charge >= 0.3 is 0 Å². The molecule has 4 aliphatic carbocycles. The summed E-state index contributed by atoms with van der Waals surface area (Å²) in [5, 5.41) is 0. The van der Waals surface area contributed by atoms with Gasteiger partial charge in [0.1, 0.15) is 0 Å². The topological polar surface area (TPSA) is 0 Å². The van der Waals surface area contributed by atoms with E-state index in [0.29, 0.717) is 27.1 Å². The van der Waals surface area contributed by atoms with Crippen molar-refractivity contribution in [3.8, 4) is 0 Å². The Morgan fingerprint density at radius 1 is 0.900 bits per heavy atom. The van der Waals surface area contributed by atoms with E-state index in [1.807, 2.05) is 0 Å². The largest absolute Gasteiger partial charge is 0.0622 e. The molecule has 0 spiro atoms. The summed E-state index contributed by atoms with van der Waals surface area (Å²) >= 11 is 0. The van der Waals surface area contributed by atoms with E-state index in [2.05, 4.69) is 62.3 Å². The standard InChI is InChI=1S/C20H34/c1-11(2)16(5)13(4)18(7)15-14-10-12(3)17(14,6)19(15,8)20(16,18)9/h11-15H,10H2,1-9H3. The second-order valence-electron chi connectivity index (χ2n) is 10.3. The maximum absolute atomic E-state index is 2.68. The molecule has 4 aliphatic rings. The van der Waals surface area contributed by atoms with Crippen molar-refractivity contribution >= 4 is 0 Å². The van der Waals surface area contributed by atoms with E-state index >= 15 is 0 Å². The van der Waals surface area contributed by atoms with E-state index in [1.165, 1.54) is 6.42 Å². The van der Waals surface area contributed by atoms with Gasteiger partial charge in [-0.15, -0.1) is 0 Å². The number of hydrogen-bond donors (Lipinski definition) is 0. The lowest BCUT2D eigenvalue weighted by Crippen LogP contribution is -2.98. The molecule has 0 aliphatic heterocycles. The Kier molecular flexibility index (Phi) is 1.99. The van der Waals surface area contributed by atoms with Gasteiger partial charge in [-0.25, -0.2) is 0 Å². The van der Waals surface area contributed by atoms with Gasteiger partial charge in [0.05, 0.1) is 0 Å². The molecule has 0 heteroatoms. The Morgan fingerprint density at radius 3 is 1.90 bits per heavy atom. The molecule has 9 unspecified atom stereocenters. The summed E-state index contributed by atoms with van der Waals surface area (Å²) in [4.78, 5) is 0. The third-order valence-electron chi connectivity index (χ3n) is 11.4. The summed E-state index contributed by atoms with van der Waals surface area (Å²) in [5.41, 5.74) is 2.93. The predicted molar refractivity (Wildman–Crippen MR) is 85.3 cm³/mol. The van der Waals surface area contributed by atoms with Crippen LogP contribution in [-0.2, 0) is 0 Å². The normalized spacial score (nSPS) is 73.5. The van der Waals surface area contributed by atoms with Crippen LogP contribution >= 0.6 is 0 Å². The molecule has 0 heterocycles. The monoisotopic (exact) mass is 274 g/mol. The van der Waals surface area contributed by atoms with Crippen LogP contribution in [0.3, 0.4) is 0 Å². The van der Waals surface area contributed by atoms with E-state index < -0.39 is 0 Å². The molecule has 0 aromatic carbocycles. The summed E-state index contributed by atoms with van der Waals surface area (Å²) in [6.07, 6.45) is 1.51. The summed E-state index contributed by atoms with van der Waals surface area (Å²) in [6, 6.07) is 0. The molecule has 4 fully saturated rings. The molecule has 0 N–H and O–H groups in total. The van der Waals surface area contributed by atoms with Crippen molar-refractivity contribution < 1.29 is 0 Å². The van der Waals surface area contributed by atoms with Gasteiger partial charge in [0, 0.05) is 0 Å². The van der Waals surface area contributed by atoms with Gasteiger partial charge in [-0.1, -0.05) is 62.3 Å². The van der Waals surface area contributed by atoms with E-state index in [-0.39, 0.29) is 0 Å². The molecule has 0 aromatic heterocycles. The first-order valence-electron chi connectivity index (χ1n) is 8.98. The van der Waals surface area contributed by atoms with Gasteiger partial charge in [-0.2, -0.15) is 0 Å². The van der Waals surface area contributed by atoms with Crippen molar-refractivity contribution in [1.82, 2.24) is 0 Å². The molecule has 0 aromatic rings. The zero-order chi connectivity index (χ0) is 15.1. The fraction of sp³-hybridized carbons (Fsp3) is 1.00. The lowest BCUT2D eigenvalue weighted by atomic mass is 9.01. The van der Waals surface area contributed by atoms with Crippen molar-refractivity contribution in [2.24, 2.45) is 56.7 Å². The maximum Gasteiger partial charge on any atom is -0.0145 e. The fourth-order valence-corrected chi connectivity index (χ4v) is 9.65. The van der Waals surface area contributed by atoms with Crippen LogP contribution in [0.2, 0.25) is 0 Å². The third kappa shape index (κ3) is 0.703. The molecule has 0 nitrogen and oxygen atoms in total. The van der Waals surface area contributed by atoms with Crippen molar-refractivity contribution in [3.63, 3.8) is 0 Å². The molecule has 4 saturated carbocycles. The SMILES string of the molecule is CC1CC2C3C4(C)C(C)C(C)(C(C)C)C4(C)C3(C)C12C. The highest BCUT2D eigenvalue weighted by atomic mass is 15.0. The third-order valence-corrected chi connectivity index (χ3v) is 11.4. The van der Waals surface area contributed by atoms with Crippen LogP contribution in [0.1, 0.15) is 68.7 Å². The Labute approximate surface area is 126 Å². The van der Waals surface area contributed by atoms with Crippen molar-refractivity contribution in [2.45, 2.75) is 68.7 Å². The summed E-state index contributed by atoms with van der Waals surface area (Å²) < 4.78 is 0. The Morgan fingerprint density at radius 2 is 1.45 bits per heavy atom. The maximum atomic E-state index is 2.68. The van der Waals surface area contributed by atoms with E-state index in [4.69, 9.17) is 0 Å². The van der Waals surface area contributed by atoms with Crippen LogP contribution in [-0.4, -0.2) is 0 Å². The number of hydrogen-bond acceptors (Lipinski definition) is 0. The first-order valence-corrected chi connectivity index (χ1v) is 8.98. The predicted octanol–water partition coefficient (Wildman–Crippen LogP) is 5.62. The highest BCUT2D eigenvalue weighted by Crippen LogP contribution is 3.02. The highest BCUT2D eigenvalue weighted by molar-refractivity contribution is 5.45. The molecule has 0 amide bonds. The molecular weight excluding hydrogens is 240 g/mol. The quantitative estimate of drug-likeness (QED) is 0.582. The van der Waals surface area contributed by atoms with Crippen molar-refractivity contribution in [1.29, 1.82) is 0 Å². The van der Waals surface area contributed by atoms with Gasteiger partial charge < -0.3 is 0 Å². The summed E-state index contributed by atoms with van der Waals surface area (Å²) in [5.74, 6) is 4.69. The molecule has 9 atom stereocenters. The van der Waals surface area contributed by atoms with Gasteiger partial charge in [0.25, 0.3) is 0 Å². The Bertz CT molecular complexity index is 506. The number of fused-ring (bicyclic) bond motifs is 7. The van der Waals surface area contributed by atoms with Crippen molar-refractivity contribution in [2.75, 3.05) is 0 Å². The van der Waals surface area contributed by atoms with Crippen LogP contribution in [0.4, 0.5) is 0 Å². The minimum absolute atomic E-state index is 0.524. The minimum atomic E-state index is 0.524. The second kappa shape index (κ2) is 2.91. The van der Waals surface area contributed by atoms with Crippen molar-refractivity contribution in [3.05, 3.63) is 0 Å². The lowest BCUT2D eigenvalue weighted by molar-refractivity contribution is -0.557. The minimum Gasteiger partial charge on any atom is -0.0622 e.